The average Bonchev–Trinajstić information content (AvgIpc) is 2.01. The second kappa shape index (κ2) is 4.79. The molecule has 0 saturated heterocycles. The number of halogens is 3. The van der Waals surface area contributed by atoms with Crippen molar-refractivity contribution in [2.24, 2.45) is 0 Å². The molecule has 0 saturated carbocycles. The van der Waals surface area contributed by atoms with E-state index >= 15 is 0 Å². The van der Waals surface area contributed by atoms with Crippen molar-refractivity contribution in [1.82, 2.24) is 0 Å². The van der Waals surface area contributed by atoms with E-state index in [2.05, 4.69) is 8.92 Å². The Labute approximate surface area is 84.3 Å². The fourth-order valence-corrected chi connectivity index (χ4v) is 1.11. The summed E-state index contributed by atoms with van der Waals surface area (Å²) in [4.78, 5) is 10.8. The van der Waals surface area contributed by atoms with Gasteiger partial charge in [-0.25, -0.2) is 8.98 Å². The number of carbonyl (C=O) groups is 1. The van der Waals surface area contributed by atoms with Crippen molar-refractivity contribution in [2.75, 3.05) is 6.61 Å². The van der Waals surface area contributed by atoms with Crippen LogP contribution in [0.4, 0.5) is 13.2 Å². The Morgan fingerprint density at radius 3 is 2.20 bits per heavy atom. The Kier molecular flexibility index (Phi) is 4.53. The summed E-state index contributed by atoms with van der Waals surface area (Å²) in [6, 6.07) is 0. The monoisotopic (exact) mass is 250 g/mol. The zero-order valence-electron chi connectivity index (χ0n) is 7.87. The van der Waals surface area contributed by atoms with Crippen LogP contribution in [0.2, 0.25) is 0 Å². The minimum atomic E-state index is -5.76. The topological polar surface area (TPSA) is 69.7 Å². The highest BCUT2D eigenvalue weighted by Gasteiger charge is 2.49. The van der Waals surface area contributed by atoms with E-state index in [0.29, 0.717) is 0 Å². The maximum absolute atomic E-state index is 11.8. The van der Waals surface area contributed by atoms with E-state index in [0.717, 1.165) is 6.92 Å². The van der Waals surface area contributed by atoms with Crippen LogP contribution in [0.5, 0.6) is 0 Å². The van der Waals surface area contributed by atoms with Gasteiger partial charge in [0.2, 0.25) is 0 Å². The third-order valence-electron chi connectivity index (χ3n) is 1.17. The first-order valence-electron chi connectivity index (χ1n) is 3.78. The largest absolute Gasteiger partial charge is 0.523 e. The molecule has 1 atom stereocenters. The van der Waals surface area contributed by atoms with Crippen LogP contribution in [-0.2, 0) is 23.8 Å². The fourth-order valence-electron chi connectivity index (χ4n) is 0.543. The molecule has 0 unspecified atom stereocenters. The molecule has 0 aromatic heterocycles. The van der Waals surface area contributed by atoms with Crippen molar-refractivity contribution in [3.8, 4) is 0 Å². The Morgan fingerprint density at radius 1 is 1.40 bits per heavy atom. The molecule has 9 heteroatoms. The summed E-state index contributed by atoms with van der Waals surface area (Å²) in [5.74, 6) is -1.18. The van der Waals surface area contributed by atoms with Gasteiger partial charge in [0.05, 0.1) is 6.61 Å². The van der Waals surface area contributed by atoms with Crippen LogP contribution in [0.25, 0.3) is 0 Å². The quantitative estimate of drug-likeness (QED) is 0.419. The van der Waals surface area contributed by atoms with Crippen LogP contribution in [0, 0.1) is 0 Å². The lowest BCUT2D eigenvalue weighted by molar-refractivity contribution is -0.151. The molecule has 0 N–H and O–H groups in total. The Bertz CT molecular complexity index is 320. The lowest BCUT2D eigenvalue weighted by Gasteiger charge is -2.13. The van der Waals surface area contributed by atoms with Gasteiger partial charge in [-0.05, 0) is 13.8 Å². The van der Waals surface area contributed by atoms with Gasteiger partial charge in [-0.2, -0.15) is 21.6 Å². The van der Waals surface area contributed by atoms with Crippen molar-refractivity contribution >= 4 is 16.1 Å². The molecule has 0 amide bonds. The lowest BCUT2D eigenvalue weighted by atomic mass is 10.4. The first kappa shape index (κ1) is 14.2. The number of hydrogen-bond acceptors (Lipinski definition) is 5. The molecule has 0 bridgehead atoms. The smallest absolute Gasteiger partial charge is 0.464 e. The number of alkyl halides is 3. The Balaban J connectivity index is 4.56. The summed E-state index contributed by atoms with van der Waals surface area (Å²) >= 11 is 0. The SMILES string of the molecule is CCOC(=O)[C@H](C)OS(=O)(=O)C(F)(F)F. The second-order valence-electron chi connectivity index (χ2n) is 2.39. The summed E-state index contributed by atoms with van der Waals surface area (Å²) < 4.78 is 64.0. The zero-order chi connectivity index (χ0) is 12.3. The minimum Gasteiger partial charge on any atom is -0.464 e. The molecule has 0 rings (SSSR count). The third-order valence-corrected chi connectivity index (χ3v) is 2.28. The molecule has 0 aliphatic carbocycles. The van der Waals surface area contributed by atoms with Gasteiger partial charge < -0.3 is 4.74 Å². The first-order valence-corrected chi connectivity index (χ1v) is 5.19. The molecule has 0 radical (unpaired) electrons. The summed E-state index contributed by atoms with van der Waals surface area (Å²) in [5.41, 5.74) is -5.55. The minimum absolute atomic E-state index is 0.0847. The molecule has 0 aliphatic heterocycles. The molecule has 0 fully saturated rings. The van der Waals surface area contributed by atoms with E-state index in [1.165, 1.54) is 6.92 Å². The van der Waals surface area contributed by atoms with Crippen molar-refractivity contribution in [3.05, 3.63) is 0 Å². The van der Waals surface area contributed by atoms with E-state index in [1.807, 2.05) is 0 Å². The lowest BCUT2D eigenvalue weighted by Crippen LogP contribution is -2.33. The van der Waals surface area contributed by atoms with E-state index in [4.69, 9.17) is 0 Å². The van der Waals surface area contributed by atoms with Gasteiger partial charge in [0.25, 0.3) is 0 Å². The number of carbonyl (C=O) groups excluding carboxylic acids is 1. The summed E-state index contributed by atoms with van der Waals surface area (Å²) in [6.45, 7) is 2.18. The maximum Gasteiger partial charge on any atom is 0.523 e. The number of esters is 1. The molecule has 0 aliphatic rings. The predicted octanol–water partition coefficient (Wildman–Crippen LogP) is 0.804. The van der Waals surface area contributed by atoms with Gasteiger partial charge in [0.15, 0.2) is 6.10 Å². The summed E-state index contributed by atoms with van der Waals surface area (Å²) in [6.07, 6.45) is -1.82. The van der Waals surface area contributed by atoms with Gasteiger partial charge >= 0.3 is 21.6 Å². The number of ether oxygens (including phenoxy) is 1. The molecule has 90 valence electrons. The first-order chi connectivity index (χ1) is 6.62. The Hall–Kier alpha value is -0.830. The van der Waals surface area contributed by atoms with Crippen LogP contribution in [-0.4, -0.2) is 32.6 Å². The van der Waals surface area contributed by atoms with Crippen LogP contribution in [0.1, 0.15) is 13.8 Å². The number of hydrogen-bond donors (Lipinski definition) is 0. The normalized spacial score (nSPS) is 14.7. The highest BCUT2D eigenvalue weighted by Crippen LogP contribution is 2.25. The van der Waals surface area contributed by atoms with E-state index in [1.54, 1.807) is 0 Å². The third kappa shape index (κ3) is 4.04. The van der Waals surface area contributed by atoms with Gasteiger partial charge in [0.1, 0.15) is 0 Å². The predicted molar refractivity (Wildman–Crippen MR) is 42.2 cm³/mol. The van der Waals surface area contributed by atoms with Gasteiger partial charge in [-0.1, -0.05) is 0 Å². The molecular formula is C6H9F3O5S. The van der Waals surface area contributed by atoms with Crippen LogP contribution in [0.3, 0.4) is 0 Å². The fraction of sp³-hybridized carbons (Fsp3) is 0.833. The zero-order valence-corrected chi connectivity index (χ0v) is 8.68. The summed E-state index contributed by atoms with van der Waals surface area (Å²) in [5, 5.41) is 0. The molecule has 0 aromatic carbocycles. The molecular weight excluding hydrogens is 241 g/mol. The van der Waals surface area contributed by atoms with Crippen molar-refractivity contribution < 1.29 is 35.3 Å². The van der Waals surface area contributed by atoms with Crippen LogP contribution >= 0.6 is 0 Å². The summed E-state index contributed by atoms with van der Waals surface area (Å²) in [7, 11) is -5.76. The standard InChI is InChI=1S/C6H9F3O5S/c1-3-13-5(10)4(2)14-15(11,12)6(7,8)9/h4H,3H2,1-2H3/t4-/m0/s1. The van der Waals surface area contributed by atoms with E-state index < -0.39 is 27.7 Å². The van der Waals surface area contributed by atoms with Gasteiger partial charge in [0, 0.05) is 0 Å². The van der Waals surface area contributed by atoms with E-state index in [9.17, 15) is 26.4 Å². The maximum atomic E-state index is 11.8. The van der Waals surface area contributed by atoms with Gasteiger partial charge in [-0.3, -0.25) is 0 Å². The molecule has 15 heavy (non-hydrogen) atoms. The Morgan fingerprint density at radius 2 is 1.87 bits per heavy atom. The molecule has 0 aromatic rings. The van der Waals surface area contributed by atoms with Crippen molar-refractivity contribution in [3.63, 3.8) is 0 Å². The van der Waals surface area contributed by atoms with Gasteiger partial charge in [-0.15, -0.1) is 0 Å². The molecule has 5 nitrogen and oxygen atoms in total. The highest BCUT2D eigenvalue weighted by atomic mass is 32.2. The molecule has 0 spiro atoms. The van der Waals surface area contributed by atoms with Crippen LogP contribution in [0.15, 0.2) is 0 Å². The highest BCUT2D eigenvalue weighted by molar-refractivity contribution is 7.87. The van der Waals surface area contributed by atoms with Crippen LogP contribution < -0.4 is 0 Å². The number of rotatable bonds is 4. The van der Waals surface area contributed by atoms with Crippen molar-refractivity contribution in [1.29, 1.82) is 0 Å². The second-order valence-corrected chi connectivity index (χ2v) is 3.95. The van der Waals surface area contributed by atoms with Crippen molar-refractivity contribution in [2.45, 2.75) is 25.5 Å². The van der Waals surface area contributed by atoms with E-state index in [-0.39, 0.29) is 6.61 Å². The average molecular weight is 250 g/mol. The molecule has 0 heterocycles.